The summed E-state index contributed by atoms with van der Waals surface area (Å²) in [6.07, 6.45) is 0.528. The van der Waals surface area contributed by atoms with Gasteiger partial charge in [-0.05, 0) is 12.1 Å². The van der Waals surface area contributed by atoms with Crippen molar-refractivity contribution >= 4 is 34.7 Å². The predicted octanol–water partition coefficient (Wildman–Crippen LogP) is 1.34. The molecule has 0 spiro atoms. The van der Waals surface area contributed by atoms with Gasteiger partial charge in [0.15, 0.2) is 0 Å². The zero-order valence-electron chi connectivity index (χ0n) is 11.7. The van der Waals surface area contributed by atoms with Gasteiger partial charge in [0.05, 0.1) is 30.4 Å². The molecule has 1 aromatic carbocycles. The second-order valence-electron chi connectivity index (χ2n) is 4.34. The average molecular weight is 330 g/mol. The van der Waals surface area contributed by atoms with E-state index < -0.39 is 17.6 Å². The van der Waals surface area contributed by atoms with Crippen molar-refractivity contribution in [3.05, 3.63) is 34.5 Å². The van der Waals surface area contributed by atoms with Crippen LogP contribution in [0.5, 0.6) is 5.75 Å². The SMILES string of the molecule is COc1ccc([N+](=O)[O-])c2c(NCC(O)CO)ccnc12.Cl. The van der Waals surface area contributed by atoms with Crippen LogP contribution in [0.25, 0.3) is 10.9 Å². The Bertz CT molecular complexity index is 667. The number of nitro benzene ring substituents is 1. The molecule has 22 heavy (non-hydrogen) atoms. The minimum absolute atomic E-state index is 0. The number of hydrogen-bond acceptors (Lipinski definition) is 7. The molecule has 2 rings (SSSR count). The second kappa shape index (κ2) is 7.74. The highest BCUT2D eigenvalue weighted by atomic mass is 35.5. The Labute approximate surface area is 132 Å². The molecule has 8 nitrogen and oxygen atoms in total. The van der Waals surface area contributed by atoms with Gasteiger partial charge in [0.1, 0.15) is 16.7 Å². The van der Waals surface area contributed by atoms with Gasteiger partial charge in [-0.15, -0.1) is 12.4 Å². The first-order valence-corrected chi connectivity index (χ1v) is 6.21. The minimum atomic E-state index is -0.960. The summed E-state index contributed by atoms with van der Waals surface area (Å²) in [6, 6.07) is 4.40. The third-order valence-electron chi connectivity index (χ3n) is 2.99. The number of pyridine rings is 1. The van der Waals surface area contributed by atoms with E-state index in [4.69, 9.17) is 9.84 Å². The molecule has 1 unspecified atom stereocenters. The lowest BCUT2D eigenvalue weighted by Gasteiger charge is -2.13. The lowest BCUT2D eigenvalue weighted by molar-refractivity contribution is -0.383. The predicted molar refractivity (Wildman–Crippen MR) is 83.8 cm³/mol. The van der Waals surface area contributed by atoms with E-state index in [1.165, 1.54) is 25.4 Å². The van der Waals surface area contributed by atoms with Crippen molar-refractivity contribution < 1.29 is 19.9 Å². The summed E-state index contributed by atoms with van der Waals surface area (Å²) < 4.78 is 5.16. The van der Waals surface area contributed by atoms with Gasteiger partial charge in [-0.3, -0.25) is 15.1 Å². The molecule has 1 atom stereocenters. The quantitative estimate of drug-likeness (QED) is 0.540. The van der Waals surface area contributed by atoms with Gasteiger partial charge >= 0.3 is 0 Å². The van der Waals surface area contributed by atoms with Crippen LogP contribution >= 0.6 is 12.4 Å². The number of nitrogens with zero attached hydrogens (tertiary/aromatic N) is 2. The summed E-state index contributed by atoms with van der Waals surface area (Å²) in [4.78, 5) is 14.8. The molecule has 0 amide bonds. The van der Waals surface area contributed by atoms with E-state index in [1.807, 2.05) is 0 Å². The molecule has 1 aromatic heterocycles. The van der Waals surface area contributed by atoms with Crippen LogP contribution in [0.4, 0.5) is 11.4 Å². The number of aliphatic hydroxyl groups excluding tert-OH is 2. The molecule has 2 aromatic rings. The fourth-order valence-corrected chi connectivity index (χ4v) is 1.98. The number of rotatable bonds is 6. The minimum Gasteiger partial charge on any atom is -0.494 e. The summed E-state index contributed by atoms with van der Waals surface area (Å²) in [5, 5.41) is 32.6. The van der Waals surface area contributed by atoms with Crippen LogP contribution in [0, 0.1) is 10.1 Å². The van der Waals surface area contributed by atoms with Crippen molar-refractivity contribution in [1.29, 1.82) is 0 Å². The second-order valence-corrected chi connectivity index (χ2v) is 4.34. The molecule has 0 radical (unpaired) electrons. The number of halogens is 1. The van der Waals surface area contributed by atoms with Crippen molar-refractivity contribution in [2.75, 3.05) is 25.6 Å². The Hall–Kier alpha value is -2.16. The first kappa shape index (κ1) is 17.9. The van der Waals surface area contributed by atoms with E-state index in [0.717, 1.165) is 0 Å². The Morgan fingerprint density at radius 3 is 2.77 bits per heavy atom. The van der Waals surface area contributed by atoms with Gasteiger partial charge < -0.3 is 20.3 Å². The number of aliphatic hydroxyl groups is 2. The van der Waals surface area contributed by atoms with Crippen LogP contribution in [0.3, 0.4) is 0 Å². The van der Waals surface area contributed by atoms with E-state index in [9.17, 15) is 15.2 Å². The van der Waals surface area contributed by atoms with Gasteiger partial charge in [-0.1, -0.05) is 0 Å². The maximum absolute atomic E-state index is 11.2. The standard InChI is InChI=1S/C13H15N3O5.ClH/c1-21-11-3-2-10(16(19)20)12-9(4-5-14-13(11)12)15-6-8(18)7-17;/h2-5,8,17-18H,6-7H2,1H3,(H,14,15);1H. The number of anilines is 1. The van der Waals surface area contributed by atoms with Gasteiger partial charge in [0.2, 0.25) is 0 Å². The van der Waals surface area contributed by atoms with E-state index in [0.29, 0.717) is 22.3 Å². The number of nitro groups is 1. The highest BCUT2D eigenvalue weighted by Gasteiger charge is 2.19. The average Bonchev–Trinajstić information content (AvgIpc) is 2.50. The molecule has 9 heteroatoms. The molecular weight excluding hydrogens is 314 g/mol. The fraction of sp³-hybridized carbons (Fsp3) is 0.308. The van der Waals surface area contributed by atoms with Crippen molar-refractivity contribution in [2.45, 2.75) is 6.10 Å². The maximum atomic E-state index is 11.2. The number of benzene rings is 1. The molecule has 0 saturated heterocycles. The summed E-state index contributed by atoms with van der Waals surface area (Å²) in [6.45, 7) is -0.342. The van der Waals surface area contributed by atoms with Crippen molar-refractivity contribution in [3.8, 4) is 5.75 Å². The smallest absolute Gasteiger partial charge is 0.281 e. The summed E-state index contributed by atoms with van der Waals surface area (Å²) in [5.74, 6) is 0.418. The first-order chi connectivity index (χ1) is 10.1. The fourth-order valence-electron chi connectivity index (χ4n) is 1.98. The summed E-state index contributed by atoms with van der Waals surface area (Å²) >= 11 is 0. The first-order valence-electron chi connectivity index (χ1n) is 6.21. The Kier molecular flexibility index (Phi) is 6.29. The summed E-state index contributed by atoms with van der Waals surface area (Å²) in [5.41, 5.74) is 0.688. The van der Waals surface area contributed by atoms with Gasteiger partial charge in [0, 0.05) is 18.8 Å². The molecule has 0 fully saturated rings. The van der Waals surface area contributed by atoms with E-state index in [1.54, 1.807) is 6.07 Å². The monoisotopic (exact) mass is 329 g/mol. The van der Waals surface area contributed by atoms with Gasteiger partial charge in [-0.25, -0.2) is 0 Å². The van der Waals surface area contributed by atoms with Crippen LogP contribution < -0.4 is 10.1 Å². The van der Waals surface area contributed by atoms with E-state index in [-0.39, 0.29) is 24.6 Å². The third kappa shape index (κ3) is 3.53. The largest absolute Gasteiger partial charge is 0.494 e. The Balaban J connectivity index is 0.00000242. The van der Waals surface area contributed by atoms with Crippen LogP contribution in [0.15, 0.2) is 24.4 Å². The Morgan fingerprint density at radius 2 is 2.18 bits per heavy atom. The Morgan fingerprint density at radius 1 is 1.45 bits per heavy atom. The van der Waals surface area contributed by atoms with Crippen LogP contribution in [0.1, 0.15) is 0 Å². The highest BCUT2D eigenvalue weighted by Crippen LogP contribution is 2.36. The van der Waals surface area contributed by atoms with Crippen LogP contribution in [-0.2, 0) is 0 Å². The zero-order valence-corrected chi connectivity index (χ0v) is 12.5. The van der Waals surface area contributed by atoms with Crippen LogP contribution in [-0.4, -0.2) is 46.5 Å². The molecule has 0 aliphatic rings. The maximum Gasteiger partial charge on any atom is 0.281 e. The third-order valence-corrected chi connectivity index (χ3v) is 2.99. The van der Waals surface area contributed by atoms with Crippen molar-refractivity contribution in [2.24, 2.45) is 0 Å². The van der Waals surface area contributed by atoms with Crippen LogP contribution in [0.2, 0.25) is 0 Å². The van der Waals surface area contributed by atoms with E-state index >= 15 is 0 Å². The number of nitrogens with one attached hydrogen (secondary N) is 1. The number of non-ortho nitro benzene ring substituents is 1. The zero-order chi connectivity index (χ0) is 15.4. The van der Waals surface area contributed by atoms with Gasteiger partial charge in [0.25, 0.3) is 5.69 Å². The number of methoxy groups -OCH3 is 1. The topological polar surface area (TPSA) is 118 Å². The lowest BCUT2D eigenvalue weighted by Crippen LogP contribution is -2.23. The molecule has 120 valence electrons. The molecule has 1 heterocycles. The number of hydrogen-bond donors (Lipinski definition) is 3. The number of ether oxygens (including phenoxy) is 1. The molecule has 0 bridgehead atoms. The van der Waals surface area contributed by atoms with Crippen molar-refractivity contribution in [3.63, 3.8) is 0 Å². The summed E-state index contributed by atoms with van der Waals surface area (Å²) in [7, 11) is 1.46. The highest BCUT2D eigenvalue weighted by molar-refractivity contribution is 6.01. The molecule has 3 N–H and O–H groups in total. The van der Waals surface area contributed by atoms with E-state index in [2.05, 4.69) is 10.3 Å². The van der Waals surface area contributed by atoms with Gasteiger partial charge in [-0.2, -0.15) is 0 Å². The number of fused-ring (bicyclic) bond motifs is 1. The normalized spacial score (nSPS) is 11.6. The van der Waals surface area contributed by atoms with Crippen molar-refractivity contribution in [1.82, 2.24) is 4.98 Å². The molecule has 0 aliphatic carbocycles. The lowest BCUT2D eigenvalue weighted by atomic mass is 10.1. The number of aromatic nitrogens is 1. The molecule has 0 aliphatic heterocycles. The molecule has 0 saturated carbocycles. The molecular formula is C13H16ClN3O5.